The molecule has 0 heterocycles. The number of hydrogen-bond acceptors (Lipinski definition) is 1. The molecule has 0 saturated carbocycles. The maximum atomic E-state index is 13.1. The lowest BCUT2D eigenvalue weighted by Gasteiger charge is -2.15. The van der Waals surface area contributed by atoms with Crippen molar-refractivity contribution in [1.29, 1.82) is 0 Å². The molecule has 21 heavy (non-hydrogen) atoms. The smallest absolute Gasteiger partial charge is 0.123 e. The molecule has 1 nitrogen and oxygen atoms in total. The molecular formula is C19H24FN. The quantitative estimate of drug-likeness (QED) is 0.800. The van der Waals surface area contributed by atoms with Crippen LogP contribution in [0.25, 0.3) is 0 Å². The third kappa shape index (κ3) is 4.68. The van der Waals surface area contributed by atoms with Crippen molar-refractivity contribution in [3.63, 3.8) is 0 Å². The largest absolute Gasteiger partial charge is 0.310 e. The van der Waals surface area contributed by atoms with Gasteiger partial charge in [0.25, 0.3) is 0 Å². The first-order valence-corrected chi connectivity index (χ1v) is 7.64. The Morgan fingerprint density at radius 3 is 2.24 bits per heavy atom. The molecule has 2 heteroatoms. The first kappa shape index (κ1) is 15.7. The first-order chi connectivity index (χ1) is 10.1. The minimum absolute atomic E-state index is 0.162. The van der Waals surface area contributed by atoms with E-state index in [1.54, 1.807) is 12.1 Å². The Balaban J connectivity index is 1.85. The lowest BCUT2D eigenvalue weighted by molar-refractivity contribution is 0.574. The van der Waals surface area contributed by atoms with Gasteiger partial charge in [-0.2, -0.15) is 0 Å². The lowest BCUT2D eigenvalue weighted by atomic mass is 9.99. The predicted molar refractivity (Wildman–Crippen MR) is 87.1 cm³/mol. The summed E-state index contributed by atoms with van der Waals surface area (Å²) >= 11 is 0. The summed E-state index contributed by atoms with van der Waals surface area (Å²) in [4.78, 5) is 0. The fourth-order valence-corrected chi connectivity index (χ4v) is 2.41. The van der Waals surface area contributed by atoms with Gasteiger partial charge in [-0.05, 0) is 54.6 Å². The van der Waals surface area contributed by atoms with Gasteiger partial charge in [-0.3, -0.25) is 0 Å². The van der Waals surface area contributed by atoms with E-state index in [0.29, 0.717) is 12.0 Å². The lowest BCUT2D eigenvalue weighted by Crippen LogP contribution is -2.21. The summed E-state index contributed by atoms with van der Waals surface area (Å²) in [5.41, 5.74) is 3.69. The summed E-state index contributed by atoms with van der Waals surface area (Å²) in [6.07, 6.45) is 0.839. The average molecular weight is 285 g/mol. The van der Waals surface area contributed by atoms with Gasteiger partial charge >= 0.3 is 0 Å². The van der Waals surface area contributed by atoms with Crippen molar-refractivity contribution in [3.8, 4) is 0 Å². The van der Waals surface area contributed by atoms with Crippen molar-refractivity contribution < 1.29 is 4.39 Å². The molecule has 2 rings (SSSR count). The topological polar surface area (TPSA) is 12.0 Å². The fraction of sp³-hybridized carbons (Fsp3) is 0.368. The Morgan fingerprint density at radius 1 is 0.952 bits per heavy atom. The van der Waals surface area contributed by atoms with Crippen molar-refractivity contribution in [2.75, 3.05) is 6.54 Å². The number of nitrogens with one attached hydrogen (secondary N) is 1. The number of benzene rings is 2. The zero-order valence-corrected chi connectivity index (χ0v) is 13.1. The Hall–Kier alpha value is -1.67. The highest BCUT2D eigenvalue weighted by atomic mass is 19.1. The van der Waals surface area contributed by atoms with Crippen LogP contribution < -0.4 is 5.32 Å². The van der Waals surface area contributed by atoms with Crippen LogP contribution in [0.3, 0.4) is 0 Å². The molecule has 0 aliphatic carbocycles. The monoisotopic (exact) mass is 285 g/mol. The summed E-state index contributed by atoms with van der Waals surface area (Å²) in [6.45, 7) is 7.41. The van der Waals surface area contributed by atoms with Gasteiger partial charge in [-0.15, -0.1) is 0 Å². The second-order valence-corrected chi connectivity index (χ2v) is 5.88. The maximum absolute atomic E-state index is 13.1. The molecule has 0 spiro atoms. The van der Waals surface area contributed by atoms with Crippen LogP contribution in [-0.2, 0) is 6.42 Å². The normalized spacial score (nSPS) is 12.6. The van der Waals surface area contributed by atoms with Gasteiger partial charge in [0.15, 0.2) is 0 Å². The molecule has 0 amide bonds. The highest BCUT2D eigenvalue weighted by molar-refractivity contribution is 5.26. The van der Waals surface area contributed by atoms with Crippen LogP contribution in [0, 0.1) is 5.82 Å². The number of halogens is 1. The highest BCUT2D eigenvalue weighted by Gasteiger charge is 2.06. The number of rotatable bonds is 6. The van der Waals surface area contributed by atoms with Crippen molar-refractivity contribution in [1.82, 2.24) is 5.32 Å². The van der Waals surface area contributed by atoms with Crippen LogP contribution in [0.15, 0.2) is 48.5 Å². The van der Waals surface area contributed by atoms with E-state index in [0.717, 1.165) is 18.5 Å². The van der Waals surface area contributed by atoms with Crippen LogP contribution in [-0.4, -0.2) is 6.54 Å². The van der Waals surface area contributed by atoms with E-state index in [4.69, 9.17) is 0 Å². The third-order valence-corrected chi connectivity index (χ3v) is 3.86. The van der Waals surface area contributed by atoms with Crippen LogP contribution >= 0.6 is 0 Å². The van der Waals surface area contributed by atoms with Gasteiger partial charge < -0.3 is 5.32 Å². The second kappa shape index (κ2) is 7.37. The van der Waals surface area contributed by atoms with E-state index in [-0.39, 0.29) is 5.82 Å². The van der Waals surface area contributed by atoms with Gasteiger partial charge in [0.2, 0.25) is 0 Å². The minimum Gasteiger partial charge on any atom is -0.310 e. The van der Waals surface area contributed by atoms with E-state index >= 15 is 0 Å². The Kier molecular flexibility index (Phi) is 5.51. The van der Waals surface area contributed by atoms with Crippen LogP contribution in [0.1, 0.15) is 49.4 Å². The zero-order chi connectivity index (χ0) is 15.2. The Labute approximate surface area is 127 Å². The van der Waals surface area contributed by atoms with Gasteiger partial charge in [-0.1, -0.05) is 50.2 Å². The van der Waals surface area contributed by atoms with Crippen molar-refractivity contribution >= 4 is 0 Å². The molecule has 0 bridgehead atoms. The molecule has 0 aliphatic rings. The van der Waals surface area contributed by atoms with Gasteiger partial charge in [0.05, 0.1) is 0 Å². The molecule has 112 valence electrons. The molecule has 0 fully saturated rings. The molecule has 0 aliphatic heterocycles. The predicted octanol–water partition coefficient (Wildman–Crippen LogP) is 4.84. The summed E-state index contributed by atoms with van der Waals surface area (Å²) in [5, 5.41) is 3.49. The summed E-state index contributed by atoms with van der Waals surface area (Å²) in [5.74, 6) is 0.403. The van der Waals surface area contributed by atoms with Gasteiger partial charge in [0.1, 0.15) is 5.82 Å². The van der Waals surface area contributed by atoms with E-state index in [1.807, 2.05) is 6.07 Å². The maximum Gasteiger partial charge on any atom is 0.123 e. The Bertz CT molecular complexity index is 560. The van der Waals surface area contributed by atoms with E-state index in [9.17, 15) is 4.39 Å². The van der Waals surface area contributed by atoms with Gasteiger partial charge in [-0.25, -0.2) is 4.39 Å². The summed E-state index contributed by atoms with van der Waals surface area (Å²) in [6, 6.07) is 15.9. The standard InChI is InChI=1S/C19H24FN/c1-14(2)17-7-9-18(10-8-17)15(3)21-12-11-16-5-4-6-19(20)13-16/h4-10,13-15,21H,11-12H2,1-3H3. The fourth-order valence-electron chi connectivity index (χ4n) is 2.41. The molecule has 1 N–H and O–H groups in total. The molecule has 2 aromatic rings. The first-order valence-electron chi connectivity index (χ1n) is 7.64. The van der Waals surface area contributed by atoms with Crippen LogP contribution in [0.2, 0.25) is 0 Å². The van der Waals surface area contributed by atoms with E-state index in [1.165, 1.54) is 17.2 Å². The molecule has 1 atom stereocenters. The molecular weight excluding hydrogens is 261 g/mol. The average Bonchev–Trinajstić information content (AvgIpc) is 2.47. The molecule has 0 radical (unpaired) electrons. The Morgan fingerprint density at radius 2 is 1.62 bits per heavy atom. The SMILES string of the molecule is CC(C)c1ccc(C(C)NCCc2cccc(F)c2)cc1. The van der Waals surface area contributed by atoms with Crippen molar-refractivity contribution in [3.05, 3.63) is 71.0 Å². The van der Waals surface area contributed by atoms with Crippen molar-refractivity contribution in [2.45, 2.75) is 39.2 Å². The highest BCUT2D eigenvalue weighted by Crippen LogP contribution is 2.18. The minimum atomic E-state index is -0.162. The third-order valence-electron chi connectivity index (χ3n) is 3.86. The molecule has 1 unspecified atom stereocenters. The van der Waals surface area contributed by atoms with Crippen LogP contribution in [0.4, 0.5) is 4.39 Å². The zero-order valence-electron chi connectivity index (χ0n) is 13.1. The summed E-state index contributed by atoms with van der Waals surface area (Å²) in [7, 11) is 0. The van der Waals surface area contributed by atoms with Crippen LogP contribution in [0.5, 0.6) is 0 Å². The summed E-state index contributed by atoms with van der Waals surface area (Å²) < 4.78 is 13.1. The molecule has 2 aromatic carbocycles. The van der Waals surface area contributed by atoms with E-state index in [2.05, 4.69) is 50.4 Å². The van der Waals surface area contributed by atoms with Gasteiger partial charge in [0, 0.05) is 6.04 Å². The van der Waals surface area contributed by atoms with E-state index < -0.39 is 0 Å². The molecule has 0 aromatic heterocycles. The molecule has 0 saturated heterocycles. The number of hydrogen-bond donors (Lipinski definition) is 1. The second-order valence-electron chi connectivity index (χ2n) is 5.88. The van der Waals surface area contributed by atoms with Crippen molar-refractivity contribution in [2.24, 2.45) is 0 Å².